The van der Waals surface area contributed by atoms with E-state index in [1.54, 1.807) is 20.1 Å². The van der Waals surface area contributed by atoms with Gasteiger partial charge in [-0.05, 0) is 60.3 Å². The van der Waals surface area contributed by atoms with Crippen molar-refractivity contribution in [1.29, 1.82) is 0 Å². The summed E-state index contributed by atoms with van der Waals surface area (Å²) in [5, 5.41) is 17.3. The first-order valence-electron chi connectivity index (χ1n) is 10.1. The lowest BCUT2D eigenvalue weighted by atomic mass is 10.0. The molecule has 0 unspecified atom stereocenters. The second-order valence-electron chi connectivity index (χ2n) is 7.45. The van der Waals surface area contributed by atoms with E-state index in [0.717, 1.165) is 17.4 Å². The van der Waals surface area contributed by atoms with Crippen molar-refractivity contribution in [2.45, 2.75) is 32.0 Å². The molecule has 32 heavy (non-hydrogen) atoms. The molecule has 3 rings (SSSR count). The smallest absolute Gasteiger partial charge is 0.224 e. The number of rotatable bonds is 10. The Kier molecular flexibility index (Phi) is 8.33. The minimum absolute atomic E-state index is 0.0636. The van der Waals surface area contributed by atoms with Crippen LogP contribution < -0.4 is 15.4 Å². The van der Waals surface area contributed by atoms with Crippen LogP contribution in [-0.4, -0.2) is 40.9 Å². The van der Waals surface area contributed by atoms with Crippen LogP contribution in [0.3, 0.4) is 0 Å². The fourth-order valence-electron chi connectivity index (χ4n) is 3.35. The summed E-state index contributed by atoms with van der Waals surface area (Å²) < 4.78 is 32.6. The summed E-state index contributed by atoms with van der Waals surface area (Å²) in [6, 6.07) is 12.0. The highest BCUT2D eigenvalue weighted by Crippen LogP contribution is 2.17. The number of aromatic nitrogens is 2. The van der Waals surface area contributed by atoms with Crippen molar-refractivity contribution in [3.05, 3.63) is 82.3 Å². The molecule has 0 radical (unpaired) electrons. The van der Waals surface area contributed by atoms with Gasteiger partial charge in [-0.15, -0.1) is 0 Å². The Balaban J connectivity index is 1.72. The van der Waals surface area contributed by atoms with Crippen LogP contribution >= 0.6 is 11.6 Å². The fraction of sp³-hybridized carbons (Fsp3) is 0.304. The minimum atomic E-state index is -0.902. The van der Waals surface area contributed by atoms with Crippen molar-refractivity contribution < 1.29 is 18.6 Å². The predicted octanol–water partition coefficient (Wildman–Crippen LogP) is 3.90. The third-order valence-corrected chi connectivity index (χ3v) is 4.99. The third kappa shape index (κ3) is 7.12. The number of hydrogen-bond donors (Lipinski definition) is 3. The number of hydrogen-bond acceptors (Lipinski definition) is 6. The minimum Gasteiger partial charge on any atom is -0.497 e. The molecule has 1 aromatic heterocycles. The first-order valence-corrected chi connectivity index (χ1v) is 10.4. The Labute approximate surface area is 190 Å². The molecule has 9 heteroatoms. The third-order valence-electron chi connectivity index (χ3n) is 4.82. The van der Waals surface area contributed by atoms with Crippen LogP contribution in [0.1, 0.15) is 16.8 Å². The monoisotopic (exact) mass is 462 g/mol. The second-order valence-corrected chi connectivity index (χ2v) is 7.78. The van der Waals surface area contributed by atoms with Gasteiger partial charge in [-0.2, -0.15) is 0 Å². The van der Waals surface area contributed by atoms with Gasteiger partial charge < -0.3 is 20.5 Å². The van der Waals surface area contributed by atoms with Crippen molar-refractivity contribution >= 4 is 17.4 Å². The second kappa shape index (κ2) is 11.2. The zero-order valence-corrected chi connectivity index (χ0v) is 18.5. The summed E-state index contributed by atoms with van der Waals surface area (Å²) in [6.07, 6.45) is -0.738. The molecule has 3 aromatic rings. The van der Waals surface area contributed by atoms with Crippen LogP contribution in [-0.2, 0) is 13.0 Å². The quantitative estimate of drug-likeness (QED) is 0.397. The number of ether oxygens (including phenoxy) is 1. The van der Waals surface area contributed by atoms with Gasteiger partial charge in [-0.25, -0.2) is 18.7 Å². The Morgan fingerprint density at radius 3 is 2.50 bits per heavy atom. The highest BCUT2D eigenvalue weighted by atomic mass is 35.5. The number of aliphatic hydroxyl groups is 1. The summed E-state index contributed by atoms with van der Waals surface area (Å²) in [5.74, 6) is -0.194. The molecule has 3 N–H and O–H groups in total. The maximum atomic E-state index is 13.7. The topological polar surface area (TPSA) is 79.3 Å². The summed E-state index contributed by atoms with van der Waals surface area (Å²) in [5.41, 5.74) is 2.05. The van der Waals surface area contributed by atoms with E-state index in [4.69, 9.17) is 16.3 Å². The summed E-state index contributed by atoms with van der Waals surface area (Å²) in [4.78, 5) is 8.15. The van der Waals surface area contributed by atoms with E-state index in [0.29, 0.717) is 23.6 Å². The molecule has 0 amide bonds. The standard InChI is InChI=1S/C23H25ClF2N4O2/c1-14-6-22(30-23(24)28-14)29-20(10-16-7-17(25)11-18(26)8-16)21(31)13-27-12-15-4-3-5-19(9-15)32-2/h3-9,11,20-21,27,31H,10,12-13H2,1-2H3,(H,28,29,30)/t20-,21+/m0/s1. The number of methoxy groups -OCH3 is 1. The van der Waals surface area contributed by atoms with Crippen LogP contribution in [0.4, 0.5) is 14.6 Å². The van der Waals surface area contributed by atoms with Gasteiger partial charge in [0.25, 0.3) is 0 Å². The predicted molar refractivity (Wildman–Crippen MR) is 120 cm³/mol. The molecule has 0 aliphatic heterocycles. The number of benzene rings is 2. The van der Waals surface area contributed by atoms with Crippen molar-refractivity contribution in [1.82, 2.24) is 15.3 Å². The van der Waals surface area contributed by atoms with Gasteiger partial charge in [0, 0.05) is 30.9 Å². The van der Waals surface area contributed by atoms with E-state index in [9.17, 15) is 13.9 Å². The average molecular weight is 463 g/mol. The van der Waals surface area contributed by atoms with Gasteiger partial charge in [0.15, 0.2) is 0 Å². The maximum Gasteiger partial charge on any atom is 0.224 e. The van der Waals surface area contributed by atoms with Gasteiger partial charge in [0.2, 0.25) is 5.28 Å². The lowest BCUT2D eigenvalue weighted by Gasteiger charge is -2.25. The average Bonchev–Trinajstić information content (AvgIpc) is 2.72. The largest absolute Gasteiger partial charge is 0.497 e. The number of halogens is 3. The molecule has 0 aliphatic carbocycles. The summed E-state index contributed by atoms with van der Waals surface area (Å²) in [6.45, 7) is 2.50. The van der Waals surface area contributed by atoms with E-state index in [1.165, 1.54) is 12.1 Å². The number of nitrogens with zero attached hydrogens (tertiary/aromatic N) is 2. The van der Waals surface area contributed by atoms with Crippen LogP contribution in [0.5, 0.6) is 5.75 Å². The first kappa shape index (κ1) is 23.8. The summed E-state index contributed by atoms with van der Waals surface area (Å²) in [7, 11) is 1.60. The van der Waals surface area contributed by atoms with Gasteiger partial charge in [0.1, 0.15) is 23.2 Å². The molecule has 0 aliphatic rings. The molecule has 0 fully saturated rings. The Bertz CT molecular complexity index is 960. The lowest BCUT2D eigenvalue weighted by Crippen LogP contribution is -2.42. The van der Waals surface area contributed by atoms with E-state index in [2.05, 4.69) is 20.6 Å². The molecule has 170 valence electrons. The molecule has 2 aromatic carbocycles. The molecule has 1 heterocycles. The molecule has 0 bridgehead atoms. The Morgan fingerprint density at radius 1 is 1.06 bits per heavy atom. The number of aliphatic hydroxyl groups excluding tert-OH is 1. The molecule has 0 saturated heterocycles. The van der Waals surface area contributed by atoms with Crippen LogP contribution in [0, 0.1) is 18.6 Å². The zero-order valence-electron chi connectivity index (χ0n) is 17.8. The summed E-state index contributed by atoms with van der Waals surface area (Å²) >= 11 is 5.94. The lowest BCUT2D eigenvalue weighted by molar-refractivity contribution is 0.148. The number of aryl methyl sites for hydroxylation is 1. The number of nitrogens with one attached hydrogen (secondary N) is 2. The van der Waals surface area contributed by atoms with Crippen molar-refractivity contribution in [3.63, 3.8) is 0 Å². The Hall–Kier alpha value is -2.81. The highest BCUT2D eigenvalue weighted by molar-refractivity contribution is 6.28. The van der Waals surface area contributed by atoms with E-state index in [1.807, 2.05) is 24.3 Å². The first-order chi connectivity index (χ1) is 15.3. The molecular weight excluding hydrogens is 438 g/mol. The van der Waals surface area contributed by atoms with E-state index >= 15 is 0 Å². The van der Waals surface area contributed by atoms with Crippen LogP contribution in [0.2, 0.25) is 5.28 Å². The molecule has 0 saturated carbocycles. The molecule has 6 nitrogen and oxygen atoms in total. The van der Waals surface area contributed by atoms with E-state index < -0.39 is 23.8 Å². The van der Waals surface area contributed by atoms with Crippen molar-refractivity contribution in [2.24, 2.45) is 0 Å². The van der Waals surface area contributed by atoms with Gasteiger partial charge in [0.05, 0.1) is 19.3 Å². The molecule has 2 atom stereocenters. The van der Waals surface area contributed by atoms with Crippen molar-refractivity contribution in [2.75, 3.05) is 19.0 Å². The Morgan fingerprint density at radius 2 is 1.81 bits per heavy atom. The van der Waals surface area contributed by atoms with Gasteiger partial charge >= 0.3 is 0 Å². The van der Waals surface area contributed by atoms with Gasteiger partial charge in [-0.1, -0.05) is 12.1 Å². The van der Waals surface area contributed by atoms with Crippen molar-refractivity contribution in [3.8, 4) is 5.75 Å². The number of anilines is 1. The SMILES string of the molecule is COc1cccc(CNC[C@@H](O)[C@H](Cc2cc(F)cc(F)c2)Nc2cc(C)nc(Cl)n2)c1. The van der Waals surface area contributed by atoms with Gasteiger partial charge in [-0.3, -0.25) is 0 Å². The fourth-order valence-corrected chi connectivity index (χ4v) is 3.58. The molecular formula is C23H25ClF2N4O2. The van der Waals surface area contributed by atoms with Crippen LogP contribution in [0.25, 0.3) is 0 Å². The van der Waals surface area contributed by atoms with E-state index in [-0.39, 0.29) is 18.2 Å². The normalized spacial score (nSPS) is 12.9. The van der Waals surface area contributed by atoms with Crippen LogP contribution in [0.15, 0.2) is 48.5 Å². The highest BCUT2D eigenvalue weighted by Gasteiger charge is 2.21. The zero-order chi connectivity index (χ0) is 23.1. The molecule has 0 spiro atoms. The maximum absolute atomic E-state index is 13.7.